The number of rotatable bonds is 2. The van der Waals surface area contributed by atoms with Crippen LogP contribution in [0.4, 0.5) is 0 Å². The molecule has 0 saturated carbocycles. The number of benzene rings is 3. The largest absolute Gasteiger partial charge is 1.00 e. The third kappa shape index (κ3) is 4.62. The van der Waals surface area contributed by atoms with Crippen LogP contribution in [-0.2, 0) is 0 Å². The minimum Gasteiger partial charge on any atom is -0.357 e. The van der Waals surface area contributed by atoms with Gasteiger partial charge in [0.2, 0.25) is 0 Å². The molecule has 0 fully saturated rings. The molecule has 2 aromatic heterocycles. The number of nitrogens with zero attached hydrogens (tertiary/aromatic N) is 5. The molecule has 5 nitrogen and oxygen atoms in total. The molecular weight excluding hydrogens is 529 g/mol. The van der Waals surface area contributed by atoms with E-state index in [0.717, 1.165) is 33.1 Å². The van der Waals surface area contributed by atoms with E-state index in [-0.39, 0.29) is 116 Å². The fourth-order valence-corrected chi connectivity index (χ4v) is 3.55. The minimum atomic E-state index is 0. The second kappa shape index (κ2) is 10.8. The summed E-state index contributed by atoms with van der Waals surface area (Å²) in [5, 5.41) is 20.9. The van der Waals surface area contributed by atoms with E-state index in [1.807, 2.05) is 54.6 Å². The van der Waals surface area contributed by atoms with Gasteiger partial charge in [-0.25, -0.2) is 9.97 Å². The van der Waals surface area contributed by atoms with Gasteiger partial charge in [-0.1, -0.05) is 11.0 Å². The molecule has 0 unspecified atom stereocenters. The molecule has 134 valence electrons. The van der Waals surface area contributed by atoms with Gasteiger partial charge in [0.15, 0.2) is 5.82 Å². The molecule has 0 radical (unpaired) electrons. The van der Waals surface area contributed by atoms with Crippen molar-refractivity contribution in [3.8, 4) is 29.2 Å². The predicted molar refractivity (Wildman–Crippen MR) is 109 cm³/mol. The Morgan fingerprint density at radius 3 is 1.97 bits per heavy atom. The van der Waals surface area contributed by atoms with Crippen molar-refractivity contribution in [1.82, 2.24) is 14.5 Å². The van der Waals surface area contributed by atoms with E-state index in [2.05, 4.69) is 32.7 Å². The van der Waals surface area contributed by atoms with Crippen molar-refractivity contribution < 1.29 is 116 Å². The fraction of sp³-hybridized carbons (Fsp3) is 0. The maximum absolute atomic E-state index is 9.86. The molecule has 0 aliphatic rings. The van der Waals surface area contributed by atoms with Crippen LogP contribution in [0.25, 0.3) is 38.9 Å². The monoisotopic (exact) mass is 539 g/mol. The van der Waals surface area contributed by atoms with Crippen LogP contribution in [0.2, 0.25) is 0 Å². The Kier molecular flexibility index (Phi) is 8.65. The molecule has 0 saturated heterocycles. The number of aromatic nitrogens is 3. The molecule has 0 aliphatic carbocycles. The van der Waals surface area contributed by atoms with Crippen molar-refractivity contribution in [2.45, 2.75) is 0 Å². The first-order valence-corrected chi connectivity index (χ1v) is 8.87. The number of hydrogen-bond donors (Lipinski definition) is 0. The van der Waals surface area contributed by atoms with Gasteiger partial charge < -0.3 is 4.57 Å². The van der Waals surface area contributed by atoms with Crippen molar-refractivity contribution >= 4 is 21.8 Å². The van der Waals surface area contributed by atoms with E-state index in [0.29, 0.717) is 17.0 Å². The molecule has 0 amide bonds. The van der Waals surface area contributed by atoms with Gasteiger partial charge in [-0.3, -0.25) is 0 Å². The van der Waals surface area contributed by atoms with Gasteiger partial charge in [-0.05, 0) is 18.2 Å². The average molecular weight is 540 g/mol. The Balaban J connectivity index is 0.00000136. The first-order chi connectivity index (χ1) is 14.3. The average Bonchev–Trinajstić information content (AvgIpc) is 3.13. The molecule has 7 heteroatoms. The quantitative estimate of drug-likeness (QED) is 0.258. The molecule has 0 N–H and O–H groups in total. The summed E-state index contributed by atoms with van der Waals surface area (Å²) >= 11 is 0. The summed E-state index contributed by atoms with van der Waals surface area (Å²) < 4.78 is 2.08. The fourth-order valence-electron chi connectivity index (χ4n) is 3.55. The summed E-state index contributed by atoms with van der Waals surface area (Å²) in [5.74, 6) is 0.471. The maximum atomic E-state index is 9.86. The first-order valence-electron chi connectivity index (χ1n) is 8.87. The van der Waals surface area contributed by atoms with Crippen LogP contribution in [0.5, 0.6) is 0 Å². The van der Waals surface area contributed by atoms with Gasteiger partial charge in [0.1, 0.15) is 12.1 Å². The summed E-state index contributed by atoms with van der Waals surface area (Å²) in [4.78, 5) is 8.46. The summed E-state index contributed by atoms with van der Waals surface area (Å²) in [6.07, 6.45) is 2.95. The van der Waals surface area contributed by atoms with Gasteiger partial charge in [0.25, 0.3) is 0 Å². The van der Waals surface area contributed by atoms with Crippen LogP contribution in [-0.4, -0.2) is 14.5 Å². The number of fused-ring (bicyclic) bond motifs is 3. The van der Waals surface area contributed by atoms with Gasteiger partial charge in [-0.15, -0.1) is 12.1 Å². The minimum absolute atomic E-state index is 0. The molecule has 5 aromatic rings. The molecule has 0 atom stereocenters. The van der Waals surface area contributed by atoms with Gasteiger partial charge >= 0.3 is 116 Å². The maximum Gasteiger partial charge on any atom is 1.00 e. The normalized spacial score (nSPS) is 10.0. The van der Waals surface area contributed by atoms with Crippen LogP contribution in [0.15, 0.2) is 67.0 Å². The molecule has 5 rings (SSSR count). The molecule has 0 spiro atoms. The van der Waals surface area contributed by atoms with E-state index < -0.39 is 0 Å². The SMILES string of the molecule is N#Cc1cnc(-c2ccc(-n3c4cc[c-]cc4c4c[c-]ccc43)c(C#N)c2)nc1.[Rb+].[Rb+]. The Morgan fingerprint density at radius 1 is 0.806 bits per heavy atom. The summed E-state index contributed by atoms with van der Waals surface area (Å²) in [5.41, 5.74) is 4.40. The number of hydrogen-bond acceptors (Lipinski definition) is 4. The summed E-state index contributed by atoms with van der Waals surface area (Å²) in [6, 6.07) is 27.8. The standard InChI is InChI=1S/C24H11N5.2Rb/c25-12-16-14-27-24(28-15-16)17-9-10-21(18(11-17)13-26)29-22-7-3-1-5-19(22)20-6-2-4-8-23(20)29;;/h3-11,14-15H;;/q-2;2*+1. The molecule has 31 heavy (non-hydrogen) atoms. The second-order valence-electron chi connectivity index (χ2n) is 6.47. The Bertz CT molecular complexity index is 1420. The Morgan fingerprint density at radius 2 is 1.42 bits per heavy atom. The third-order valence-corrected chi connectivity index (χ3v) is 4.85. The zero-order chi connectivity index (χ0) is 19.8. The summed E-state index contributed by atoms with van der Waals surface area (Å²) in [7, 11) is 0. The van der Waals surface area contributed by atoms with Crippen LogP contribution < -0.4 is 116 Å². The van der Waals surface area contributed by atoms with Crippen LogP contribution in [0.1, 0.15) is 11.1 Å². The zero-order valence-corrected chi connectivity index (χ0v) is 26.9. The van der Waals surface area contributed by atoms with E-state index >= 15 is 0 Å². The zero-order valence-electron chi connectivity index (χ0n) is 17.1. The Hall–Kier alpha value is -0.870. The van der Waals surface area contributed by atoms with Crippen molar-refractivity contribution in [3.05, 3.63) is 90.3 Å². The van der Waals surface area contributed by atoms with Gasteiger partial charge in [0, 0.05) is 18.0 Å². The predicted octanol–water partition coefficient (Wildman–Crippen LogP) is -1.41. The van der Waals surface area contributed by atoms with Gasteiger partial charge in [0.05, 0.1) is 16.8 Å². The molecule has 3 aromatic carbocycles. The van der Waals surface area contributed by atoms with E-state index in [9.17, 15) is 5.26 Å². The van der Waals surface area contributed by atoms with Crippen LogP contribution >= 0.6 is 0 Å². The molecular formula is C24H11N5Rb2. The molecule has 0 bridgehead atoms. The third-order valence-electron chi connectivity index (χ3n) is 4.85. The summed E-state index contributed by atoms with van der Waals surface area (Å²) in [6.45, 7) is 0. The van der Waals surface area contributed by atoms with Crippen molar-refractivity contribution in [1.29, 1.82) is 10.5 Å². The van der Waals surface area contributed by atoms with Crippen LogP contribution in [0.3, 0.4) is 0 Å². The first kappa shape index (κ1) is 24.8. The smallest absolute Gasteiger partial charge is 0.357 e. The Labute approximate surface area is 277 Å². The second-order valence-corrected chi connectivity index (χ2v) is 6.47. The number of nitriles is 2. The van der Waals surface area contributed by atoms with Crippen molar-refractivity contribution in [2.75, 3.05) is 0 Å². The topological polar surface area (TPSA) is 78.3 Å². The van der Waals surface area contributed by atoms with E-state index in [4.69, 9.17) is 5.26 Å². The molecule has 2 heterocycles. The van der Waals surface area contributed by atoms with Crippen LogP contribution in [0, 0.1) is 34.8 Å². The molecule has 0 aliphatic heterocycles. The van der Waals surface area contributed by atoms with E-state index in [1.54, 1.807) is 6.07 Å². The van der Waals surface area contributed by atoms with Gasteiger partial charge in [-0.2, -0.15) is 57.7 Å². The van der Waals surface area contributed by atoms with Crippen molar-refractivity contribution in [2.24, 2.45) is 0 Å². The van der Waals surface area contributed by atoms with Crippen molar-refractivity contribution in [3.63, 3.8) is 0 Å². The van der Waals surface area contributed by atoms with E-state index in [1.165, 1.54) is 12.4 Å².